The molecule has 2 heterocycles. The van der Waals surface area contributed by atoms with Crippen molar-refractivity contribution in [1.29, 1.82) is 0 Å². The van der Waals surface area contributed by atoms with Crippen molar-refractivity contribution in [3.05, 3.63) is 76.8 Å². The molecule has 0 aliphatic heterocycles. The first kappa shape index (κ1) is 13.3. The van der Waals surface area contributed by atoms with E-state index in [9.17, 15) is 9.59 Å². The molecule has 0 aliphatic carbocycles. The first-order chi connectivity index (χ1) is 11.2. The van der Waals surface area contributed by atoms with Crippen LogP contribution in [0.3, 0.4) is 0 Å². The zero-order chi connectivity index (χ0) is 15.8. The number of benzene rings is 2. The Kier molecular flexibility index (Phi) is 2.98. The zero-order valence-corrected chi connectivity index (χ0v) is 11.9. The van der Waals surface area contributed by atoms with Gasteiger partial charge in [0.05, 0.1) is 17.0 Å². The van der Waals surface area contributed by atoms with Gasteiger partial charge >= 0.3 is 0 Å². The number of furan rings is 1. The molecule has 0 saturated carbocycles. The number of anilines is 1. The van der Waals surface area contributed by atoms with Crippen LogP contribution in [0.2, 0.25) is 0 Å². The molecule has 4 aromatic rings. The molecule has 0 atom stereocenters. The van der Waals surface area contributed by atoms with Crippen molar-refractivity contribution in [3.63, 3.8) is 0 Å². The van der Waals surface area contributed by atoms with Crippen molar-refractivity contribution in [1.82, 2.24) is 0 Å². The molecule has 0 bridgehead atoms. The van der Waals surface area contributed by atoms with E-state index < -0.39 is 0 Å². The van der Waals surface area contributed by atoms with Gasteiger partial charge < -0.3 is 14.2 Å². The molecule has 112 valence electrons. The minimum atomic E-state index is -0.363. The second-order valence-corrected chi connectivity index (χ2v) is 5.07. The van der Waals surface area contributed by atoms with Gasteiger partial charge in [-0.2, -0.15) is 0 Å². The van der Waals surface area contributed by atoms with Crippen LogP contribution in [0.15, 0.2) is 74.5 Å². The Balaban J connectivity index is 1.80. The molecule has 0 radical (unpaired) electrons. The fourth-order valence-corrected chi connectivity index (χ4v) is 2.48. The van der Waals surface area contributed by atoms with Gasteiger partial charge in [-0.25, -0.2) is 0 Å². The van der Waals surface area contributed by atoms with E-state index in [0.29, 0.717) is 27.6 Å². The normalized spacial score (nSPS) is 11.0. The van der Waals surface area contributed by atoms with Crippen molar-refractivity contribution < 1.29 is 13.6 Å². The Morgan fingerprint density at radius 2 is 1.74 bits per heavy atom. The standard InChI is InChI=1S/C18H11NO4/c20-17-12-4-1-2-5-14(12)23-16-10-11(7-8-13(16)17)19-18(21)15-6-3-9-22-15/h1-10H,(H,19,21). The lowest BCUT2D eigenvalue weighted by Crippen LogP contribution is -2.11. The average Bonchev–Trinajstić information content (AvgIpc) is 3.09. The van der Waals surface area contributed by atoms with Crippen molar-refractivity contribution in [2.45, 2.75) is 0 Å². The van der Waals surface area contributed by atoms with Crippen LogP contribution in [0.5, 0.6) is 0 Å². The molecule has 23 heavy (non-hydrogen) atoms. The third-order valence-corrected chi connectivity index (χ3v) is 3.58. The number of hydrogen-bond acceptors (Lipinski definition) is 4. The summed E-state index contributed by atoms with van der Waals surface area (Å²) < 4.78 is 10.8. The quantitative estimate of drug-likeness (QED) is 0.572. The Morgan fingerprint density at radius 3 is 2.57 bits per heavy atom. The van der Waals surface area contributed by atoms with Crippen LogP contribution in [-0.2, 0) is 0 Å². The monoisotopic (exact) mass is 305 g/mol. The number of hydrogen-bond donors (Lipinski definition) is 1. The summed E-state index contributed by atoms with van der Waals surface area (Å²) in [7, 11) is 0. The van der Waals surface area contributed by atoms with Gasteiger partial charge in [-0.05, 0) is 36.4 Å². The molecule has 0 saturated heterocycles. The molecule has 0 fully saturated rings. The van der Waals surface area contributed by atoms with E-state index in [1.165, 1.54) is 6.26 Å². The predicted octanol–water partition coefficient (Wildman–Crippen LogP) is 3.79. The number of carbonyl (C=O) groups excluding carboxylic acids is 1. The number of fused-ring (bicyclic) bond motifs is 2. The average molecular weight is 305 g/mol. The molecule has 4 rings (SSSR count). The van der Waals surface area contributed by atoms with Crippen LogP contribution in [0.25, 0.3) is 21.9 Å². The molecular formula is C18H11NO4. The molecule has 2 aromatic carbocycles. The number of rotatable bonds is 2. The number of nitrogens with one attached hydrogen (secondary N) is 1. The second kappa shape index (κ2) is 5.14. The van der Waals surface area contributed by atoms with Gasteiger partial charge in [-0.3, -0.25) is 9.59 Å². The first-order valence-corrected chi connectivity index (χ1v) is 7.03. The lowest BCUT2D eigenvalue weighted by Gasteiger charge is -2.05. The van der Waals surface area contributed by atoms with Crippen LogP contribution in [-0.4, -0.2) is 5.91 Å². The minimum Gasteiger partial charge on any atom is -0.459 e. The maximum Gasteiger partial charge on any atom is 0.291 e. The van der Waals surface area contributed by atoms with E-state index in [0.717, 1.165) is 0 Å². The summed E-state index contributed by atoms with van der Waals surface area (Å²) in [5.41, 5.74) is 1.37. The van der Waals surface area contributed by atoms with Crippen molar-refractivity contribution >= 4 is 33.5 Å². The van der Waals surface area contributed by atoms with Crippen LogP contribution in [0, 0.1) is 0 Å². The fourth-order valence-electron chi connectivity index (χ4n) is 2.48. The highest BCUT2D eigenvalue weighted by molar-refractivity contribution is 6.03. The lowest BCUT2D eigenvalue weighted by molar-refractivity contribution is 0.0996. The van der Waals surface area contributed by atoms with E-state index >= 15 is 0 Å². The summed E-state index contributed by atoms with van der Waals surface area (Å²) >= 11 is 0. The molecule has 0 spiro atoms. The highest BCUT2D eigenvalue weighted by Crippen LogP contribution is 2.22. The molecule has 2 aromatic heterocycles. The summed E-state index contributed by atoms with van der Waals surface area (Å²) in [6, 6.07) is 15.2. The fraction of sp³-hybridized carbons (Fsp3) is 0. The maximum absolute atomic E-state index is 12.4. The summed E-state index contributed by atoms with van der Waals surface area (Å²) in [4.78, 5) is 24.4. The van der Waals surface area contributed by atoms with E-state index in [1.807, 2.05) is 0 Å². The van der Waals surface area contributed by atoms with E-state index in [2.05, 4.69) is 5.32 Å². The van der Waals surface area contributed by atoms with Gasteiger partial charge in [0.15, 0.2) is 5.76 Å². The van der Waals surface area contributed by atoms with Crippen LogP contribution in [0.1, 0.15) is 10.6 Å². The van der Waals surface area contributed by atoms with Gasteiger partial charge in [0, 0.05) is 11.8 Å². The van der Waals surface area contributed by atoms with Gasteiger partial charge in [0.2, 0.25) is 5.43 Å². The molecule has 5 heteroatoms. The number of carbonyl (C=O) groups is 1. The SMILES string of the molecule is O=C(Nc1ccc2c(=O)c3ccccc3oc2c1)c1ccco1. The molecule has 0 aliphatic rings. The van der Waals surface area contributed by atoms with Crippen LogP contribution in [0.4, 0.5) is 5.69 Å². The largest absolute Gasteiger partial charge is 0.459 e. The van der Waals surface area contributed by atoms with Crippen molar-refractivity contribution in [2.75, 3.05) is 5.32 Å². The van der Waals surface area contributed by atoms with Gasteiger partial charge in [0.1, 0.15) is 11.2 Å². The summed E-state index contributed by atoms with van der Waals surface area (Å²) in [5.74, 6) is -0.150. The topological polar surface area (TPSA) is 72.5 Å². The predicted molar refractivity (Wildman–Crippen MR) is 86.7 cm³/mol. The highest BCUT2D eigenvalue weighted by Gasteiger charge is 2.11. The van der Waals surface area contributed by atoms with E-state index in [-0.39, 0.29) is 17.1 Å². The Morgan fingerprint density at radius 1 is 0.913 bits per heavy atom. The van der Waals surface area contributed by atoms with E-state index in [1.54, 1.807) is 54.6 Å². The summed E-state index contributed by atoms with van der Waals surface area (Å²) in [6.45, 7) is 0. The Bertz CT molecular complexity index is 1080. The molecule has 5 nitrogen and oxygen atoms in total. The smallest absolute Gasteiger partial charge is 0.291 e. The molecule has 1 amide bonds. The zero-order valence-electron chi connectivity index (χ0n) is 11.9. The maximum atomic E-state index is 12.4. The molecule has 1 N–H and O–H groups in total. The van der Waals surface area contributed by atoms with Gasteiger partial charge in [-0.15, -0.1) is 0 Å². The number of para-hydroxylation sites is 1. The third-order valence-electron chi connectivity index (χ3n) is 3.58. The Labute approximate surface area is 130 Å². The van der Waals surface area contributed by atoms with Crippen molar-refractivity contribution in [3.8, 4) is 0 Å². The molecular weight excluding hydrogens is 294 g/mol. The van der Waals surface area contributed by atoms with E-state index in [4.69, 9.17) is 8.83 Å². The lowest BCUT2D eigenvalue weighted by atomic mass is 10.1. The van der Waals surface area contributed by atoms with Crippen molar-refractivity contribution in [2.24, 2.45) is 0 Å². The number of amides is 1. The minimum absolute atomic E-state index is 0.0919. The Hall–Kier alpha value is -3.34. The first-order valence-electron chi connectivity index (χ1n) is 7.03. The van der Waals surface area contributed by atoms with Crippen LogP contribution < -0.4 is 10.7 Å². The van der Waals surface area contributed by atoms with Gasteiger partial charge in [-0.1, -0.05) is 12.1 Å². The summed E-state index contributed by atoms with van der Waals surface area (Å²) in [5, 5.41) is 3.72. The second-order valence-electron chi connectivity index (χ2n) is 5.07. The third kappa shape index (κ3) is 2.28. The molecule has 0 unspecified atom stereocenters. The summed E-state index contributed by atoms with van der Waals surface area (Å²) in [6.07, 6.45) is 1.43. The van der Waals surface area contributed by atoms with Gasteiger partial charge in [0.25, 0.3) is 5.91 Å². The van der Waals surface area contributed by atoms with Crippen LogP contribution >= 0.6 is 0 Å². The highest BCUT2D eigenvalue weighted by atomic mass is 16.3.